The van der Waals surface area contributed by atoms with Gasteiger partial charge in [0.1, 0.15) is 18.1 Å². The first-order valence-electron chi connectivity index (χ1n) is 7.96. The summed E-state index contributed by atoms with van der Waals surface area (Å²) < 4.78 is 50.3. The number of alkyl halides is 3. The maximum Gasteiger partial charge on any atom is 0.419 e. The molecule has 0 N–H and O–H groups in total. The van der Waals surface area contributed by atoms with Crippen LogP contribution in [0.4, 0.5) is 13.2 Å². The van der Waals surface area contributed by atoms with Crippen molar-refractivity contribution in [3.8, 4) is 11.5 Å². The average Bonchev–Trinajstić information content (AvgIpc) is 2.60. The minimum absolute atomic E-state index is 0.137. The summed E-state index contributed by atoms with van der Waals surface area (Å²) in [5, 5.41) is 0. The lowest BCUT2D eigenvalue weighted by Crippen LogP contribution is -2.11. The van der Waals surface area contributed by atoms with Crippen LogP contribution in [-0.4, -0.2) is 5.97 Å². The molecule has 0 radical (unpaired) electrons. The zero-order chi connectivity index (χ0) is 18.4. The largest absolute Gasteiger partial charge is 0.488 e. The number of halogens is 3. The molecule has 25 heavy (non-hydrogen) atoms. The van der Waals surface area contributed by atoms with Crippen LogP contribution >= 0.6 is 0 Å². The summed E-state index contributed by atoms with van der Waals surface area (Å²) in [6, 6.07) is 10.6. The monoisotopic (exact) mass is 352 g/mol. The number of benzene rings is 2. The van der Waals surface area contributed by atoms with E-state index >= 15 is 0 Å². The van der Waals surface area contributed by atoms with Crippen molar-refractivity contribution in [2.24, 2.45) is 0 Å². The maximum atomic E-state index is 13.2. The molecular weight excluding hydrogens is 333 g/mol. The number of hydrogen-bond donors (Lipinski definition) is 0. The third-order valence-electron chi connectivity index (χ3n) is 3.63. The molecule has 2 aromatic rings. The van der Waals surface area contributed by atoms with Crippen molar-refractivity contribution in [3.63, 3.8) is 0 Å². The van der Waals surface area contributed by atoms with Crippen molar-refractivity contribution in [1.82, 2.24) is 0 Å². The molecule has 0 heterocycles. The highest BCUT2D eigenvalue weighted by molar-refractivity contribution is 5.72. The van der Waals surface area contributed by atoms with E-state index in [1.807, 2.05) is 0 Å². The van der Waals surface area contributed by atoms with E-state index in [1.54, 1.807) is 44.2 Å². The van der Waals surface area contributed by atoms with Gasteiger partial charge >= 0.3 is 12.1 Å². The topological polar surface area (TPSA) is 35.5 Å². The van der Waals surface area contributed by atoms with Crippen LogP contribution in [0.5, 0.6) is 11.5 Å². The Balaban J connectivity index is 2.23. The molecule has 0 aliphatic carbocycles. The van der Waals surface area contributed by atoms with Crippen molar-refractivity contribution in [2.75, 3.05) is 0 Å². The first-order chi connectivity index (χ1) is 11.8. The molecule has 0 spiro atoms. The second kappa shape index (κ2) is 8.05. The molecule has 2 aromatic carbocycles. The molecule has 0 aromatic heterocycles. The molecule has 2 rings (SSSR count). The molecule has 0 saturated heterocycles. The van der Waals surface area contributed by atoms with E-state index in [0.29, 0.717) is 17.5 Å². The molecule has 0 amide bonds. The summed E-state index contributed by atoms with van der Waals surface area (Å²) in [6.45, 7) is 3.31. The van der Waals surface area contributed by atoms with E-state index in [0.717, 1.165) is 6.07 Å². The fraction of sp³-hybridized carbons (Fsp3) is 0.316. The minimum atomic E-state index is -4.51. The number of para-hydroxylation sites is 1. The summed E-state index contributed by atoms with van der Waals surface area (Å²) in [4.78, 5) is 11.5. The van der Waals surface area contributed by atoms with Crippen LogP contribution in [0.25, 0.3) is 0 Å². The van der Waals surface area contributed by atoms with Crippen LogP contribution in [0.1, 0.15) is 37.0 Å². The van der Waals surface area contributed by atoms with Gasteiger partial charge in [-0.3, -0.25) is 4.79 Å². The van der Waals surface area contributed by atoms with Crippen molar-refractivity contribution < 1.29 is 27.4 Å². The molecule has 0 unspecified atom stereocenters. The zero-order valence-electron chi connectivity index (χ0n) is 14.0. The summed E-state index contributed by atoms with van der Waals surface area (Å²) in [7, 11) is 0. The van der Waals surface area contributed by atoms with E-state index in [1.165, 1.54) is 6.07 Å². The van der Waals surface area contributed by atoms with Crippen LogP contribution in [0.2, 0.25) is 0 Å². The van der Waals surface area contributed by atoms with Gasteiger partial charge in [0.25, 0.3) is 0 Å². The standard InChI is InChI=1S/C19H19F3O3/c1-3-13-9-10-17(15(11-13)19(20,21)22)24-12-14-7-5-6-8-16(14)25-18(23)4-2/h5-11H,3-4,12H2,1-2H3. The highest BCUT2D eigenvalue weighted by Crippen LogP contribution is 2.37. The number of aryl methyl sites for hydroxylation is 1. The lowest BCUT2D eigenvalue weighted by molar-refractivity contribution is -0.139. The molecule has 3 nitrogen and oxygen atoms in total. The van der Waals surface area contributed by atoms with Crippen LogP contribution in [0, 0.1) is 0 Å². The number of ether oxygens (including phenoxy) is 2. The molecular formula is C19H19F3O3. The smallest absolute Gasteiger partial charge is 0.419 e. The predicted octanol–water partition coefficient (Wildman–Crippen LogP) is 5.16. The Labute approximate surface area is 144 Å². The minimum Gasteiger partial charge on any atom is -0.488 e. The number of esters is 1. The van der Waals surface area contributed by atoms with Gasteiger partial charge in [-0.1, -0.05) is 38.1 Å². The van der Waals surface area contributed by atoms with Crippen molar-refractivity contribution in [1.29, 1.82) is 0 Å². The van der Waals surface area contributed by atoms with Crippen molar-refractivity contribution in [3.05, 3.63) is 59.2 Å². The van der Waals surface area contributed by atoms with Gasteiger partial charge in [-0.15, -0.1) is 0 Å². The molecule has 0 bridgehead atoms. The quantitative estimate of drug-likeness (QED) is 0.532. The fourth-order valence-corrected chi connectivity index (χ4v) is 2.22. The lowest BCUT2D eigenvalue weighted by atomic mass is 10.1. The first-order valence-corrected chi connectivity index (χ1v) is 7.96. The Morgan fingerprint density at radius 3 is 2.40 bits per heavy atom. The lowest BCUT2D eigenvalue weighted by Gasteiger charge is -2.16. The summed E-state index contributed by atoms with van der Waals surface area (Å²) in [5.74, 6) is -0.384. The summed E-state index contributed by atoms with van der Waals surface area (Å²) in [5.41, 5.74) is 0.267. The van der Waals surface area contributed by atoms with E-state index in [2.05, 4.69) is 0 Å². The Kier molecular flexibility index (Phi) is 6.07. The second-order valence-corrected chi connectivity index (χ2v) is 5.41. The van der Waals surface area contributed by atoms with Crippen molar-refractivity contribution in [2.45, 2.75) is 39.5 Å². The van der Waals surface area contributed by atoms with Gasteiger partial charge in [0, 0.05) is 12.0 Å². The van der Waals surface area contributed by atoms with Gasteiger partial charge in [0.15, 0.2) is 0 Å². The Morgan fingerprint density at radius 2 is 1.76 bits per heavy atom. The Bertz CT molecular complexity index is 739. The number of rotatable bonds is 6. The predicted molar refractivity (Wildman–Crippen MR) is 87.5 cm³/mol. The number of carbonyl (C=O) groups excluding carboxylic acids is 1. The fourth-order valence-electron chi connectivity index (χ4n) is 2.22. The van der Waals surface area contributed by atoms with Gasteiger partial charge in [-0.05, 0) is 30.2 Å². The van der Waals surface area contributed by atoms with Gasteiger partial charge in [-0.25, -0.2) is 0 Å². The molecule has 0 aliphatic heterocycles. The van der Waals surface area contributed by atoms with Gasteiger partial charge in [0.05, 0.1) is 5.56 Å². The molecule has 134 valence electrons. The average molecular weight is 352 g/mol. The van der Waals surface area contributed by atoms with Crippen LogP contribution < -0.4 is 9.47 Å². The van der Waals surface area contributed by atoms with E-state index < -0.39 is 17.7 Å². The second-order valence-electron chi connectivity index (χ2n) is 5.41. The summed E-state index contributed by atoms with van der Waals surface area (Å²) in [6.07, 6.45) is -3.81. The van der Waals surface area contributed by atoms with E-state index in [-0.39, 0.29) is 24.5 Å². The third-order valence-corrected chi connectivity index (χ3v) is 3.63. The Hall–Kier alpha value is -2.50. The van der Waals surface area contributed by atoms with Crippen LogP contribution in [-0.2, 0) is 24.0 Å². The van der Waals surface area contributed by atoms with Crippen molar-refractivity contribution >= 4 is 5.97 Å². The van der Waals surface area contributed by atoms with Crippen LogP contribution in [0.15, 0.2) is 42.5 Å². The SMILES string of the molecule is CCC(=O)Oc1ccccc1COc1ccc(CC)cc1C(F)(F)F. The zero-order valence-corrected chi connectivity index (χ0v) is 14.0. The first kappa shape index (κ1) is 18.8. The van der Waals surface area contributed by atoms with Gasteiger partial charge in [-0.2, -0.15) is 13.2 Å². The highest BCUT2D eigenvalue weighted by atomic mass is 19.4. The maximum absolute atomic E-state index is 13.2. The third kappa shape index (κ3) is 4.98. The summed E-state index contributed by atoms with van der Waals surface area (Å²) >= 11 is 0. The number of hydrogen-bond acceptors (Lipinski definition) is 3. The highest BCUT2D eigenvalue weighted by Gasteiger charge is 2.34. The molecule has 0 fully saturated rings. The molecule has 6 heteroatoms. The van der Waals surface area contributed by atoms with Crippen LogP contribution in [0.3, 0.4) is 0 Å². The Morgan fingerprint density at radius 1 is 1.04 bits per heavy atom. The van der Waals surface area contributed by atoms with E-state index in [9.17, 15) is 18.0 Å². The van der Waals surface area contributed by atoms with Gasteiger partial charge < -0.3 is 9.47 Å². The molecule has 0 saturated carbocycles. The molecule has 0 aliphatic rings. The molecule has 0 atom stereocenters. The van der Waals surface area contributed by atoms with Gasteiger partial charge in [0.2, 0.25) is 0 Å². The number of carbonyl (C=O) groups is 1. The normalized spacial score (nSPS) is 11.2. The van der Waals surface area contributed by atoms with E-state index in [4.69, 9.17) is 9.47 Å².